The smallest absolute Gasteiger partial charge is 0.338 e. The second-order valence-electron chi connectivity index (χ2n) is 7.20. The maximum Gasteiger partial charge on any atom is 0.338 e. The Balaban J connectivity index is 1.60. The van der Waals surface area contributed by atoms with Crippen LogP contribution in [0.5, 0.6) is 0 Å². The van der Waals surface area contributed by atoms with Gasteiger partial charge in [-0.15, -0.1) is 0 Å². The lowest BCUT2D eigenvalue weighted by Crippen LogP contribution is -2.37. The molecule has 2 aromatic carbocycles. The number of fused-ring (bicyclic) bond motifs is 1. The molecule has 6 nitrogen and oxygen atoms in total. The first-order valence-electron chi connectivity index (χ1n) is 9.64. The van der Waals surface area contributed by atoms with E-state index >= 15 is 0 Å². The summed E-state index contributed by atoms with van der Waals surface area (Å²) in [7, 11) is 0. The number of hydrogen-bond acceptors (Lipinski definition) is 5. The Morgan fingerprint density at radius 3 is 2.31 bits per heavy atom. The van der Waals surface area contributed by atoms with Crippen LogP contribution in [0.15, 0.2) is 48.5 Å². The van der Waals surface area contributed by atoms with Crippen LogP contribution in [0.25, 0.3) is 11.0 Å². The first-order valence-corrected chi connectivity index (χ1v) is 9.64. The average molecular weight is 391 g/mol. The highest BCUT2D eigenvalue weighted by Gasteiger charge is 2.20. The summed E-state index contributed by atoms with van der Waals surface area (Å²) in [5.41, 5.74) is 4.47. The number of carbonyl (C=O) groups excluding carboxylic acids is 2. The lowest BCUT2D eigenvalue weighted by Gasteiger charge is -2.17. The molecule has 0 saturated carbocycles. The highest BCUT2D eigenvalue weighted by molar-refractivity contribution is 5.95. The van der Waals surface area contributed by atoms with E-state index in [1.807, 2.05) is 51.1 Å². The number of esters is 1. The predicted molar refractivity (Wildman–Crippen MR) is 112 cm³/mol. The molecule has 1 amide bonds. The monoisotopic (exact) mass is 391 g/mol. The summed E-state index contributed by atoms with van der Waals surface area (Å²) >= 11 is 0. The van der Waals surface area contributed by atoms with Crippen molar-refractivity contribution in [2.75, 3.05) is 6.54 Å². The van der Waals surface area contributed by atoms with Crippen molar-refractivity contribution in [2.45, 2.75) is 39.7 Å². The second-order valence-corrected chi connectivity index (χ2v) is 7.20. The molecule has 1 N–H and O–H groups in total. The Morgan fingerprint density at radius 2 is 1.62 bits per heavy atom. The van der Waals surface area contributed by atoms with Gasteiger partial charge in [-0.1, -0.05) is 37.3 Å². The van der Waals surface area contributed by atoms with Crippen LogP contribution >= 0.6 is 0 Å². The number of aryl methyl sites for hydroxylation is 2. The van der Waals surface area contributed by atoms with E-state index < -0.39 is 12.1 Å². The molecule has 0 aliphatic heterocycles. The van der Waals surface area contributed by atoms with Crippen molar-refractivity contribution in [3.8, 4) is 0 Å². The van der Waals surface area contributed by atoms with Gasteiger partial charge in [-0.25, -0.2) is 14.8 Å². The van der Waals surface area contributed by atoms with E-state index in [0.717, 1.165) is 17.0 Å². The topological polar surface area (TPSA) is 81.2 Å². The summed E-state index contributed by atoms with van der Waals surface area (Å²) in [6.07, 6.45) is -0.896. The summed E-state index contributed by atoms with van der Waals surface area (Å²) in [6.45, 7) is 7.83. The first-order chi connectivity index (χ1) is 13.8. The molecular weight excluding hydrogens is 366 g/mol. The molecule has 0 bridgehead atoms. The maximum atomic E-state index is 12.5. The molecule has 0 radical (unpaired) electrons. The highest BCUT2D eigenvalue weighted by Crippen LogP contribution is 2.16. The normalized spacial score (nSPS) is 13.0. The Morgan fingerprint density at radius 1 is 0.966 bits per heavy atom. The van der Waals surface area contributed by atoms with Gasteiger partial charge in [-0.2, -0.15) is 0 Å². The van der Waals surface area contributed by atoms with Crippen molar-refractivity contribution in [3.63, 3.8) is 0 Å². The van der Waals surface area contributed by atoms with Crippen LogP contribution in [-0.2, 0) is 9.53 Å². The van der Waals surface area contributed by atoms with Gasteiger partial charge in [0.15, 0.2) is 6.10 Å². The van der Waals surface area contributed by atoms with E-state index in [4.69, 9.17) is 4.74 Å². The molecule has 0 saturated heterocycles. The van der Waals surface area contributed by atoms with Gasteiger partial charge in [-0.3, -0.25) is 4.79 Å². The lowest BCUT2D eigenvalue weighted by atomic mass is 10.0. The zero-order chi connectivity index (χ0) is 21.0. The summed E-state index contributed by atoms with van der Waals surface area (Å²) in [5.74, 6) is -0.729. The summed E-state index contributed by atoms with van der Waals surface area (Å²) < 4.78 is 5.34. The van der Waals surface area contributed by atoms with Crippen LogP contribution in [0, 0.1) is 13.8 Å². The Hall–Kier alpha value is -3.28. The van der Waals surface area contributed by atoms with Crippen molar-refractivity contribution >= 4 is 22.9 Å². The molecule has 0 fully saturated rings. The van der Waals surface area contributed by atoms with Gasteiger partial charge >= 0.3 is 5.97 Å². The minimum atomic E-state index is -0.896. The Labute approximate surface area is 170 Å². The molecule has 0 spiro atoms. The first kappa shape index (κ1) is 20.5. The standard InChI is InChI=1S/C23H25N3O3/c1-14(18-8-6-5-7-9-18)13-24-22(27)17(4)29-23(28)19-10-11-20-21(12-19)26-16(3)15(2)25-20/h5-12,14,17H,13H2,1-4H3,(H,24,27)/t14-,17+/m1/s1. The van der Waals surface area contributed by atoms with Gasteiger partial charge in [0.2, 0.25) is 0 Å². The van der Waals surface area contributed by atoms with Gasteiger partial charge in [0.25, 0.3) is 5.91 Å². The zero-order valence-electron chi connectivity index (χ0n) is 17.1. The number of carbonyl (C=O) groups is 2. The quantitative estimate of drug-likeness (QED) is 0.648. The van der Waals surface area contributed by atoms with Crippen LogP contribution in [0.4, 0.5) is 0 Å². The average Bonchev–Trinajstić information content (AvgIpc) is 2.72. The molecule has 3 aromatic rings. The van der Waals surface area contributed by atoms with Crippen LogP contribution in [0.3, 0.4) is 0 Å². The van der Waals surface area contributed by atoms with E-state index in [-0.39, 0.29) is 11.8 Å². The van der Waals surface area contributed by atoms with Crippen LogP contribution in [0.2, 0.25) is 0 Å². The fourth-order valence-electron chi connectivity index (χ4n) is 2.94. The van der Waals surface area contributed by atoms with Crippen molar-refractivity contribution < 1.29 is 14.3 Å². The number of hydrogen-bond donors (Lipinski definition) is 1. The molecule has 29 heavy (non-hydrogen) atoms. The zero-order valence-corrected chi connectivity index (χ0v) is 17.1. The maximum absolute atomic E-state index is 12.5. The van der Waals surface area contributed by atoms with E-state index in [1.165, 1.54) is 0 Å². The van der Waals surface area contributed by atoms with Crippen molar-refractivity contribution in [1.82, 2.24) is 15.3 Å². The summed E-state index contributed by atoms with van der Waals surface area (Å²) in [4.78, 5) is 33.7. The third-order valence-electron chi connectivity index (χ3n) is 4.92. The van der Waals surface area contributed by atoms with Gasteiger partial charge in [0.05, 0.1) is 28.0 Å². The van der Waals surface area contributed by atoms with Crippen LogP contribution < -0.4 is 5.32 Å². The van der Waals surface area contributed by atoms with E-state index in [2.05, 4.69) is 15.3 Å². The van der Waals surface area contributed by atoms with Gasteiger partial charge < -0.3 is 10.1 Å². The number of benzene rings is 2. The molecule has 0 unspecified atom stereocenters. The van der Waals surface area contributed by atoms with Crippen molar-refractivity contribution in [2.24, 2.45) is 0 Å². The molecule has 2 atom stereocenters. The lowest BCUT2D eigenvalue weighted by molar-refractivity contribution is -0.129. The third kappa shape index (κ3) is 4.96. The fraction of sp³-hybridized carbons (Fsp3) is 0.304. The molecule has 3 rings (SSSR count). The van der Waals surface area contributed by atoms with Gasteiger partial charge in [-0.05, 0) is 50.5 Å². The number of amides is 1. The number of rotatable bonds is 6. The number of ether oxygens (including phenoxy) is 1. The number of aromatic nitrogens is 2. The van der Waals surface area contributed by atoms with Gasteiger partial charge in [0.1, 0.15) is 0 Å². The highest BCUT2D eigenvalue weighted by atomic mass is 16.5. The molecular formula is C23H25N3O3. The Kier molecular flexibility index (Phi) is 6.22. The SMILES string of the molecule is Cc1nc2ccc(C(=O)O[C@@H](C)C(=O)NC[C@@H](C)c3ccccc3)cc2nc1C. The second kappa shape index (κ2) is 8.82. The minimum Gasteiger partial charge on any atom is -0.449 e. The number of nitrogens with zero attached hydrogens (tertiary/aromatic N) is 2. The van der Waals surface area contributed by atoms with Crippen LogP contribution in [-0.4, -0.2) is 34.5 Å². The molecule has 6 heteroatoms. The van der Waals surface area contributed by atoms with Crippen molar-refractivity contribution in [3.05, 3.63) is 71.0 Å². The molecule has 150 valence electrons. The van der Waals surface area contributed by atoms with E-state index in [1.54, 1.807) is 25.1 Å². The summed E-state index contributed by atoms with van der Waals surface area (Å²) in [6, 6.07) is 14.9. The fourth-order valence-corrected chi connectivity index (χ4v) is 2.94. The summed E-state index contributed by atoms with van der Waals surface area (Å²) in [5, 5.41) is 2.84. The largest absolute Gasteiger partial charge is 0.449 e. The Bertz CT molecular complexity index is 1030. The van der Waals surface area contributed by atoms with Crippen molar-refractivity contribution in [1.29, 1.82) is 0 Å². The van der Waals surface area contributed by atoms with Crippen LogP contribution in [0.1, 0.15) is 47.1 Å². The molecule has 0 aliphatic rings. The third-order valence-corrected chi connectivity index (χ3v) is 4.92. The molecule has 0 aliphatic carbocycles. The molecule has 1 aromatic heterocycles. The predicted octanol–water partition coefficient (Wildman–Crippen LogP) is 3.71. The van der Waals surface area contributed by atoms with E-state index in [0.29, 0.717) is 23.1 Å². The number of nitrogens with one attached hydrogen (secondary N) is 1. The van der Waals surface area contributed by atoms with Gasteiger partial charge in [0, 0.05) is 6.54 Å². The molecule has 1 heterocycles. The van der Waals surface area contributed by atoms with E-state index in [9.17, 15) is 9.59 Å². The minimum absolute atomic E-state index is 0.161.